The number of benzene rings is 2. The fourth-order valence-electron chi connectivity index (χ4n) is 2.69. The lowest BCUT2D eigenvalue weighted by Gasteiger charge is -2.16. The Labute approximate surface area is 135 Å². The van der Waals surface area contributed by atoms with Gasteiger partial charge in [-0.25, -0.2) is 0 Å². The number of aryl methyl sites for hydroxylation is 1. The predicted octanol–water partition coefficient (Wildman–Crippen LogP) is 3.09. The van der Waals surface area contributed by atoms with Crippen LogP contribution in [0, 0.1) is 12.8 Å². The molecular weight excluding hydrogens is 290 g/mol. The molecule has 1 heterocycles. The first kappa shape index (κ1) is 15.3. The molecule has 0 spiro atoms. The van der Waals surface area contributed by atoms with Crippen molar-refractivity contribution in [2.75, 3.05) is 11.4 Å². The van der Waals surface area contributed by atoms with Crippen LogP contribution in [0.1, 0.15) is 17.5 Å². The standard InChI is InChI=1S/C19H19NO3/c1-14-7-9-17(10-8-14)20-12-16(11-18(20)21)19(22)23-13-15-5-3-2-4-6-15/h2-10,16H,11-13H2,1H3/t16-/m0/s1. The highest BCUT2D eigenvalue weighted by Crippen LogP contribution is 2.26. The zero-order valence-electron chi connectivity index (χ0n) is 13.1. The van der Waals surface area contributed by atoms with E-state index in [4.69, 9.17) is 4.74 Å². The average Bonchev–Trinajstić information content (AvgIpc) is 2.96. The third-order valence-electron chi connectivity index (χ3n) is 4.03. The monoisotopic (exact) mass is 309 g/mol. The van der Waals surface area contributed by atoms with Gasteiger partial charge in [-0.2, -0.15) is 0 Å². The number of nitrogens with zero attached hydrogens (tertiary/aromatic N) is 1. The summed E-state index contributed by atoms with van der Waals surface area (Å²) in [5, 5.41) is 0. The summed E-state index contributed by atoms with van der Waals surface area (Å²) in [6.45, 7) is 2.63. The van der Waals surface area contributed by atoms with Crippen LogP contribution < -0.4 is 4.90 Å². The zero-order valence-corrected chi connectivity index (χ0v) is 13.1. The molecule has 118 valence electrons. The Morgan fingerprint density at radius 1 is 1.13 bits per heavy atom. The van der Waals surface area contributed by atoms with Gasteiger partial charge in [0.1, 0.15) is 6.61 Å². The molecule has 2 aromatic rings. The Morgan fingerprint density at radius 2 is 1.83 bits per heavy atom. The Morgan fingerprint density at radius 3 is 2.52 bits per heavy atom. The Bertz CT molecular complexity index is 694. The summed E-state index contributed by atoms with van der Waals surface area (Å²) in [6.07, 6.45) is 0.210. The van der Waals surface area contributed by atoms with Crippen LogP contribution in [0.5, 0.6) is 0 Å². The molecule has 0 saturated carbocycles. The molecule has 1 atom stereocenters. The molecule has 0 N–H and O–H groups in total. The van der Waals surface area contributed by atoms with Crippen molar-refractivity contribution in [1.29, 1.82) is 0 Å². The Kier molecular flexibility index (Phi) is 4.42. The van der Waals surface area contributed by atoms with Gasteiger partial charge in [0.15, 0.2) is 0 Å². The van der Waals surface area contributed by atoms with E-state index < -0.39 is 5.92 Å². The minimum Gasteiger partial charge on any atom is -0.461 e. The van der Waals surface area contributed by atoms with Gasteiger partial charge in [0.05, 0.1) is 5.92 Å². The van der Waals surface area contributed by atoms with Crippen LogP contribution in [0.3, 0.4) is 0 Å². The van der Waals surface area contributed by atoms with Crippen molar-refractivity contribution in [2.45, 2.75) is 20.0 Å². The van der Waals surface area contributed by atoms with Crippen LogP contribution in [0.2, 0.25) is 0 Å². The van der Waals surface area contributed by atoms with Gasteiger partial charge in [0, 0.05) is 18.7 Å². The molecule has 0 radical (unpaired) electrons. The Hall–Kier alpha value is -2.62. The minimum absolute atomic E-state index is 0.0319. The van der Waals surface area contributed by atoms with Crippen LogP contribution in [0.4, 0.5) is 5.69 Å². The number of rotatable bonds is 4. The van der Waals surface area contributed by atoms with Crippen LogP contribution in [-0.2, 0) is 20.9 Å². The molecule has 0 aromatic heterocycles. The second-order valence-electron chi connectivity index (χ2n) is 5.83. The van der Waals surface area contributed by atoms with E-state index in [0.29, 0.717) is 6.54 Å². The lowest BCUT2D eigenvalue weighted by atomic mass is 10.1. The maximum Gasteiger partial charge on any atom is 0.311 e. The number of carbonyl (C=O) groups is 2. The van der Waals surface area contributed by atoms with E-state index in [1.165, 1.54) is 0 Å². The zero-order chi connectivity index (χ0) is 16.2. The van der Waals surface area contributed by atoms with Crippen LogP contribution in [0.25, 0.3) is 0 Å². The average molecular weight is 309 g/mol. The first-order chi connectivity index (χ1) is 11.1. The number of ether oxygens (including phenoxy) is 1. The maximum absolute atomic E-state index is 12.2. The summed E-state index contributed by atoms with van der Waals surface area (Å²) in [4.78, 5) is 26.0. The first-order valence-corrected chi connectivity index (χ1v) is 7.71. The number of amides is 1. The van der Waals surface area contributed by atoms with E-state index >= 15 is 0 Å². The lowest BCUT2D eigenvalue weighted by Crippen LogP contribution is -2.26. The first-order valence-electron chi connectivity index (χ1n) is 7.71. The quantitative estimate of drug-likeness (QED) is 0.815. The molecule has 0 unspecified atom stereocenters. The van der Waals surface area contributed by atoms with E-state index in [9.17, 15) is 9.59 Å². The lowest BCUT2D eigenvalue weighted by molar-refractivity contribution is -0.149. The third kappa shape index (κ3) is 3.59. The van der Waals surface area contributed by atoms with Gasteiger partial charge in [-0.15, -0.1) is 0 Å². The van der Waals surface area contributed by atoms with Crippen molar-refractivity contribution < 1.29 is 14.3 Å². The summed E-state index contributed by atoms with van der Waals surface area (Å²) in [6, 6.07) is 17.3. The third-order valence-corrected chi connectivity index (χ3v) is 4.03. The molecule has 4 nitrogen and oxygen atoms in total. The van der Waals surface area contributed by atoms with Gasteiger partial charge >= 0.3 is 5.97 Å². The molecule has 1 amide bonds. The normalized spacial score (nSPS) is 17.3. The fraction of sp³-hybridized carbons (Fsp3) is 0.263. The maximum atomic E-state index is 12.2. The van der Waals surface area contributed by atoms with Gasteiger partial charge in [-0.05, 0) is 24.6 Å². The number of hydrogen-bond donors (Lipinski definition) is 0. The van der Waals surface area contributed by atoms with Crippen LogP contribution in [0.15, 0.2) is 54.6 Å². The number of esters is 1. The largest absolute Gasteiger partial charge is 0.461 e. The van der Waals surface area contributed by atoms with E-state index in [-0.39, 0.29) is 24.9 Å². The fourth-order valence-corrected chi connectivity index (χ4v) is 2.69. The highest BCUT2D eigenvalue weighted by atomic mass is 16.5. The molecule has 2 aromatic carbocycles. The van der Waals surface area contributed by atoms with E-state index in [0.717, 1.165) is 16.8 Å². The summed E-state index contributed by atoms with van der Waals surface area (Å²) >= 11 is 0. The molecule has 3 rings (SSSR count). The van der Waals surface area contributed by atoms with E-state index in [1.54, 1.807) is 4.90 Å². The van der Waals surface area contributed by atoms with Gasteiger partial charge in [0.25, 0.3) is 0 Å². The summed E-state index contributed by atoms with van der Waals surface area (Å²) in [7, 11) is 0. The molecule has 1 aliphatic heterocycles. The van der Waals surface area contributed by atoms with Gasteiger partial charge in [0.2, 0.25) is 5.91 Å². The highest BCUT2D eigenvalue weighted by molar-refractivity contribution is 5.99. The molecule has 1 aliphatic rings. The second kappa shape index (κ2) is 6.65. The molecule has 0 aliphatic carbocycles. The van der Waals surface area contributed by atoms with Gasteiger partial charge < -0.3 is 9.64 Å². The molecule has 0 bridgehead atoms. The molecule has 4 heteroatoms. The van der Waals surface area contributed by atoms with Gasteiger partial charge in [-0.3, -0.25) is 9.59 Å². The Balaban J connectivity index is 1.60. The molecule has 1 fully saturated rings. The highest BCUT2D eigenvalue weighted by Gasteiger charge is 2.36. The van der Waals surface area contributed by atoms with Crippen LogP contribution >= 0.6 is 0 Å². The number of hydrogen-bond acceptors (Lipinski definition) is 3. The molecular formula is C19H19NO3. The minimum atomic E-state index is -0.396. The van der Waals surface area contributed by atoms with Crippen molar-refractivity contribution in [2.24, 2.45) is 5.92 Å². The SMILES string of the molecule is Cc1ccc(N2C[C@@H](C(=O)OCc3ccccc3)CC2=O)cc1. The van der Waals surface area contributed by atoms with E-state index in [2.05, 4.69) is 0 Å². The van der Waals surface area contributed by atoms with Crippen molar-refractivity contribution >= 4 is 17.6 Å². The van der Waals surface area contributed by atoms with Crippen molar-refractivity contribution in [3.8, 4) is 0 Å². The van der Waals surface area contributed by atoms with Crippen molar-refractivity contribution in [3.05, 3.63) is 65.7 Å². The smallest absolute Gasteiger partial charge is 0.311 e. The molecule has 1 saturated heterocycles. The van der Waals surface area contributed by atoms with E-state index in [1.807, 2.05) is 61.5 Å². The second-order valence-corrected chi connectivity index (χ2v) is 5.83. The summed E-state index contributed by atoms with van der Waals surface area (Å²) < 4.78 is 5.35. The molecule has 23 heavy (non-hydrogen) atoms. The van der Waals surface area contributed by atoms with Crippen molar-refractivity contribution in [1.82, 2.24) is 0 Å². The predicted molar refractivity (Wildman–Crippen MR) is 87.9 cm³/mol. The van der Waals surface area contributed by atoms with Crippen LogP contribution in [-0.4, -0.2) is 18.4 Å². The van der Waals surface area contributed by atoms with Crippen molar-refractivity contribution in [3.63, 3.8) is 0 Å². The number of anilines is 1. The summed E-state index contributed by atoms with van der Waals surface area (Å²) in [5.74, 6) is -0.736. The van der Waals surface area contributed by atoms with Gasteiger partial charge in [-0.1, -0.05) is 48.0 Å². The number of carbonyl (C=O) groups excluding carboxylic acids is 2. The topological polar surface area (TPSA) is 46.6 Å². The summed E-state index contributed by atoms with van der Waals surface area (Å²) in [5.41, 5.74) is 2.92.